The maximum atomic E-state index is 14.4. The van der Waals surface area contributed by atoms with E-state index in [1.54, 1.807) is 0 Å². The molecule has 6 nitrogen and oxygen atoms in total. The van der Waals surface area contributed by atoms with E-state index in [0.29, 0.717) is 4.68 Å². The third-order valence-electron chi connectivity index (χ3n) is 4.18. The number of benzene rings is 1. The van der Waals surface area contributed by atoms with E-state index < -0.39 is 46.9 Å². The number of alkyl halides is 4. The maximum absolute atomic E-state index is 14.4. The molecule has 0 unspecified atom stereocenters. The number of ketones is 1. The molecule has 1 N–H and O–H groups in total. The minimum absolute atomic E-state index is 0.0998. The Morgan fingerprint density at radius 1 is 1.32 bits per heavy atom. The van der Waals surface area contributed by atoms with Gasteiger partial charge in [-0.1, -0.05) is 38.8 Å². The number of carbonyl (C=O) groups is 1. The summed E-state index contributed by atoms with van der Waals surface area (Å²) in [4.78, 5) is 12.6. The van der Waals surface area contributed by atoms with Crippen LogP contribution in [-0.4, -0.2) is 36.8 Å². The highest BCUT2D eigenvalue weighted by molar-refractivity contribution is 9.09. The van der Waals surface area contributed by atoms with Gasteiger partial charge < -0.3 is 9.63 Å². The number of rotatable bonds is 6. The number of carbonyl (C=O) groups excluding carboxylic acids is 1. The number of hydrogen-bond donors (Lipinski definition) is 1. The summed E-state index contributed by atoms with van der Waals surface area (Å²) in [5.41, 5.74) is -4.32. The quantitative estimate of drug-likeness (QED) is 0.267. The van der Waals surface area contributed by atoms with Crippen molar-refractivity contribution < 1.29 is 32.0 Å². The van der Waals surface area contributed by atoms with Crippen molar-refractivity contribution in [2.24, 2.45) is 0 Å². The van der Waals surface area contributed by atoms with E-state index in [4.69, 9.17) is 16.1 Å². The van der Waals surface area contributed by atoms with Gasteiger partial charge in [0.05, 0.1) is 45.4 Å². The predicted molar refractivity (Wildman–Crippen MR) is 108 cm³/mol. The number of Topliss-reactive ketones (excluding diaryl/α,β-unsaturated/α-hetero) is 1. The van der Waals surface area contributed by atoms with Crippen molar-refractivity contribution in [3.63, 3.8) is 0 Å². The zero-order valence-corrected chi connectivity index (χ0v) is 18.4. The molecule has 2 heterocycles. The lowest BCUT2D eigenvalue weighted by Gasteiger charge is -2.20. The highest BCUT2D eigenvalue weighted by Gasteiger charge is 2.42. The average molecular weight is 525 g/mol. The Balaban J connectivity index is 2.30. The molecule has 3 aromatic rings. The summed E-state index contributed by atoms with van der Waals surface area (Å²) in [6, 6.07) is 3.75. The zero-order valence-electron chi connectivity index (χ0n) is 16.1. The first kappa shape index (κ1) is 23.4. The van der Waals surface area contributed by atoms with Crippen molar-refractivity contribution in [1.82, 2.24) is 14.9 Å². The van der Waals surface area contributed by atoms with Gasteiger partial charge in [0.1, 0.15) is 11.5 Å². The molecule has 166 valence electrons. The van der Waals surface area contributed by atoms with Gasteiger partial charge >= 0.3 is 6.18 Å². The summed E-state index contributed by atoms with van der Waals surface area (Å²) in [5, 5.41) is 16.9. The molecule has 0 atom stereocenters. The van der Waals surface area contributed by atoms with Gasteiger partial charge in [-0.3, -0.25) is 9.48 Å². The molecule has 0 aliphatic heterocycles. The van der Waals surface area contributed by atoms with Crippen LogP contribution in [0.3, 0.4) is 0 Å². The van der Waals surface area contributed by atoms with Gasteiger partial charge in [-0.25, -0.2) is 4.39 Å². The van der Waals surface area contributed by atoms with Crippen molar-refractivity contribution in [2.45, 2.75) is 32.2 Å². The Labute approximate surface area is 186 Å². The lowest BCUT2D eigenvalue weighted by atomic mass is 9.99. The maximum Gasteiger partial charge on any atom is 0.433 e. The highest BCUT2D eigenvalue weighted by Crippen LogP contribution is 2.42. The highest BCUT2D eigenvalue weighted by atomic mass is 79.9. The van der Waals surface area contributed by atoms with E-state index in [0.717, 1.165) is 12.3 Å². The lowest BCUT2D eigenvalue weighted by Crippen LogP contribution is -2.29. The number of hydrogen-bond acceptors (Lipinski definition) is 5. The van der Waals surface area contributed by atoms with Crippen LogP contribution in [0.4, 0.5) is 17.6 Å². The average Bonchev–Trinajstić information content (AvgIpc) is 3.23. The lowest BCUT2D eigenvalue weighted by molar-refractivity contribution is -0.144. The van der Waals surface area contributed by atoms with E-state index >= 15 is 0 Å². The molecule has 12 heteroatoms. The number of nitrogens with zero attached hydrogens (tertiary/aromatic N) is 3. The van der Waals surface area contributed by atoms with Gasteiger partial charge in [0, 0.05) is 0 Å². The first-order chi connectivity index (χ1) is 14.3. The first-order valence-corrected chi connectivity index (χ1v) is 10.2. The molecule has 0 radical (unpaired) electrons. The molecule has 0 fully saturated rings. The van der Waals surface area contributed by atoms with Crippen molar-refractivity contribution in [1.29, 1.82) is 0 Å². The first-order valence-electron chi connectivity index (χ1n) is 8.74. The minimum Gasteiger partial charge on any atom is -0.389 e. The van der Waals surface area contributed by atoms with E-state index in [2.05, 4.69) is 26.2 Å². The van der Waals surface area contributed by atoms with Crippen LogP contribution in [0, 0.1) is 5.82 Å². The predicted octanol–water partition coefficient (Wildman–Crippen LogP) is 5.36. The number of aliphatic hydroxyl groups is 1. The van der Waals surface area contributed by atoms with Crippen molar-refractivity contribution >= 4 is 33.3 Å². The Kier molecular flexibility index (Phi) is 6.32. The van der Waals surface area contributed by atoms with Crippen molar-refractivity contribution in [2.75, 3.05) is 5.33 Å². The Morgan fingerprint density at radius 2 is 2.00 bits per heavy atom. The minimum atomic E-state index is -4.91. The third kappa shape index (κ3) is 4.68. The van der Waals surface area contributed by atoms with Crippen LogP contribution in [0.15, 0.2) is 28.9 Å². The van der Waals surface area contributed by atoms with Gasteiger partial charge in [-0.15, -0.1) is 0 Å². The van der Waals surface area contributed by atoms with Gasteiger partial charge in [-0.2, -0.15) is 18.3 Å². The molecule has 0 spiro atoms. The molecule has 0 bridgehead atoms. The Hall–Kier alpha value is -2.24. The van der Waals surface area contributed by atoms with Crippen LogP contribution in [-0.2, 0) is 12.7 Å². The monoisotopic (exact) mass is 523 g/mol. The van der Waals surface area contributed by atoms with Crippen LogP contribution in [0.25, 0.3) is 22.6 Å². The van der Waals surface area contributed by atoms with E-state index in [1.165, 1.54) is 26.0 Å². The normalized spacial score (nSPS) is 12.4. The fourth-order valence-corrected chi connectivity index (χ4v) is 3.56. The SMILES string of the molecule is CC(C)(O)Cn1ncc(-c2onc(-c3c(F)cccc3Cl)c2C(=O)CBr)c1C(F)(F)F. The Morgan fingerprint density at radius 3 is 2.55 bits per heavy atom. The summed E-state index contributed by atoms with van der Waals surface area (Å²) in [5.74, 6) is -2.06. The van der Waals surface area contributed by atoms with Crippen LogP contribution in [0.5, 0.6) is 0 Å². The Bertz CT molecular complexity index is 1120. The van der Waals surface area contributed by atoms with Crippen LogP contribution >= 0.6 is 27.5 Å². The summed E-state index contributed by atoms with van der Waals surface area (Å²) in [6.45, 7) is 2.16. The zero-order chi connectivity index (χ0) is 23.1. The largest absolute Gasteiger partial charge is 0.433 e. The van der Waals surface area contributed by atoms with Gasteiger partial charge in [0.15, 0.2) is 17.2 Å². The van der Waals surface area contributed by atoms with Crippen LogP contribution in [0.1, 0.15) is 29.9 Å². The number of aromatic nitrogens is 3. The van der Waals surface area contributed by atoms with Gasteiger partial charge in [-0.05, 0) is 26.0 Å². The second-order valence-corrected chi connectivity index (χ2v) is 8.23. The van der Waals surface area contributed by atoms with Gasteiger partial charge in [0.25, 0.3) is 0 Å². The molecule has 2 aromatic heterocycles. The summed E-state index contributed by atoms with van der Waals surface area (Å²) in [6.07, 6.45) is -4.05. The molecule has 0 saturated heterocycles. The molecule has 0 saturated carbocycles. The van der Waals surface area contributed by atoms with Gasteiger partial charge in [0.2, 0.25) is 0 Å². The second kappa shape index (κ2) is 8.36. The van der Waals surface area contributed by atoms with Crippen LogP contribution in [0.2, 0.25) is 5.02 Å². The summed E-state index contributed by atoms with van der Waals surface area (Å²) < 4.78 is 61.8. The van der Waals surface area contributed by atoms with Crippen molar-refractivity contribution in [3.05, 3.63) is 46.5 Å². The molecular formula is C19H15BrClF4N3O3. The third-order valence-corrected chi connectivity index (χ3v) is 5.01. The molecule has 0 aliphatic carbocycles. The van der Waals surface area contributed by atoms with E-state index in [9.17, 15) is 27.5 Å². The summed E-state index contributed by atoms with van der Waals surface area (Å²) in [7, 11) is 0. The fraction of sp³-hybridized carbons (Fsp3) is 0.316. The standard InChI is InChI=1S/C19H15BrClF4N3O3/c1-18(2,30)8-28-17(19(23,24)25)9(7-26-28)16-14(12(29)6-20)15(27-31-16)13-10(21)4-3-5-11(13)22/h3-5,7,30H,6,8H2,1-2H3. The molecule has 31 heavy (non-hydrogen) atoms. The molecule has 0 amide bonds. The number of halogens is 6. The topological polar surface area (TPSA) is 81.2 Å². The fourth-order valence-electron chi connectivity index (χ4n) is 3.03. The van der Waals surface area contributed by atoms with E-state index in [1.807, 2.05) is 0 Å². The molecule has 3 rings (SSSR count). The molecule has 0 aliphatic rings. The molecular weight excluding hydrogens is 510 g/mol. The summed E-state index contributed by atoms with van der Waals surface area (Å²) >= 11 is 9.02. The second-order valence-electron chi connectivity index (χ2n) is 7.26. The van der Waals surface area contributed by atoms with Crippen molar-refractivity contribution in [3.8, 4) is 22.6 Å². The van der Waals surface area contributed by atoms with Crippen LogP contribution < -0.4 is 0 Å². The van der Waals surface area contributed by atoms with E-state index in [-0.39, 0.29) is 27.2 Å². The molecule has 1 aromatic carbocycles. The smallest absolute Gasteiger partial charge is 0.389 e.